The molecular weight excluding hydrogens is 322 g/mol. The lowest BCUT2D eigenvalue weighted by Crippen LogP contribution is -2.19. The Kier molecular flexibility index (Phi) is 4.27. The van der Waals surface area contributed by atoms with Gasteiger partial charge in [0, 0.05) is 13.0 Å². The van der Waals surface area contributed by atoms with Gasteiger partial charge in [-0.2, -0.15) is 0 Å². The number of methoxy groups -OCH3 is 2. The average Bonchev–Trinajstić information content (AvgIpc) is 3.28. The van der Waals surface area contributed by atoms with Crippen LogP contribution >= 0.6 is 0 Å². The zero-order valence-corrected chi connectivity index (χ0v) is 14.3. The summed E-state index contributed by atoms with van der Waals surface area (Å²) in [6.45, 7) is 0. The molecule has 0 atom stereocenters. The lowest BCUT2D eigenvalue weighted by Gasteiger charge is -2.25. The number of H-pyrrole nitrogens is 1. The maximum absolute atomic E-state index is 5.78. The van der Waals surface area contributed by atoms with Gasteiger partial charge < -0.3 is 18.9 Å². The number of ether oxygens (including phenoxy) is 2. The summed E-state index contributed by atoms with van der Waals surface area (Å²) in [5, 5.41) is 11.3. The van der Waals surface area contributed by atoms with Gasteiger partial charge in [-0.05, 0) is 37.8 Å². The fourth-order valence-electron chi connectivity index (χ4n) is 3.33. The number of hydrogen-bond acceptors (Lipinski definition) is 7. The largest absolute Gasteiger partial charge is 0.494 e. The summed E-state index contributed by atoms with van der Waals surface area (Å²) in [6.07, 6.45) is 4.40. The maximum atomic E-state index is 5.78. The summed E-state index contributed by atoms with van der Waals surface area (Å²) in [6, 6.07) is 6.05. The molecule has 8 heteroatoms. The molecule has 1 saturated carbocycles. The van der Waals surface area contributed by atoms with Crippen molar-refractivity contribution in [3.8, 4) is 5.75 Å². The van der Waals surface area contributed by atoms with E-state index in [2.05, 4.69) is 25.5 Å². The van der Waals surface area contributed by atoms with Crippen molar-refractivity contribution in [2.75, 3.05) is 19.5 Å². The Labute approximate surface area is 144 Å². The Hall–Kier alpha value is -2.61. The number of aromatic amines is 1. The first-order valence-electron chi connectivity index (χ1n) is 8.42. The summed E-state index contributed by atoms with van der Waals surface area (Å²) in [4.78, 5) is 7.66. The summed E-state index contributed by atoms with van der Waals surface area (Å²) in [5.41, 5.74) is 1.63. The van der Waals surface area contributed by atoms with Crippen LogP contribution < -0.4 is 10.1 Å². The molecule has 2 N–H and O–H groups in total. The number of nitrogens with zero attached hydrogens (tertiary/aromatic N) is 3. The summed E-state index contributed by atoms with van der Waals surface area (Å²) in [5.74, 6) is 2.22. The zero-order chi connectivity index (χ0) is 17.2. The monoisotopic (exact) mass is 343 g/mol. The predicted molar refractivity (Wildman–Crippen MR) is 92.2 cm³/mol. The van der Waals surface area contributed by atoms with E-state index < -0.39 is 0 Å². The molecule has 1 aliphatic carbocycles. The number of imidazole rings is 1. The van der Waals surface area contributed by atoms with Gasteiger partial charge in [0.15, 0.2) is 0 Å². The number of fused-ring (bicyclic) bond motifs is 1. The van der Waals surface area contributed by atoms with Crippen LogP contribution in [0.1, 0.15) is 37.5 Å². The van der Waals surface area contributed by atoms with E-state index in [1.807, 2.05) is 18.2 Å². The molecular formula is C17H21N5O3. The zero-order valence-electron chi connectivity index (χ0n) is 14.3. The van der Waals surface area contributed by atoms with Gasteiger partial charge in [0.25, 0.3) is 0 Å². The molecule has 8 nitrogen and oxygen atoms in total. The van der Waals surface area contributed by atoms with Crippen molar-refractivity contribution in [3.63, 3.8) is 0 Å². The number of hydrogen-bond donors (Lipinski definition) is 2. The van der Waals surface area contributed by atoms with Crippen LogP contribution in [0.5, 0.6) is 5.75 Å². The second-order valence-electron chi connectivity index (χ2n) is 6.22. The second kappa shape index (κ2) is 6.72. The first kappa shape index (κ1) is 15.9. The molecule has 0 unspecified atom stereocenters. The normalized spacial score (nSPS) is 20.7. The molecule has 25 heavy (non-hydrogen) atoms. The molecule has 0 aliphatic heterocycles. The number of aromatic nitrogens is 4. The van der Waals surface area contributed by atoms with Gasteiger partial charge in [-0.3, -0.25) is 5.32 Å². The van der Waals surface area contributed by atoms with Crippen LogP contribution in [0.15, 0.2) is 22.6 Å². The van der Waals surface area contributed by atoms with Crippen LogP contribution in [-0.4, -0.2) is 40.5 Å². The third kappa shape index (κ3) is 3.17. The molecule has 2 aromatic heterocycles. The van der Waals surface area contributed by atoms with Crippen molar-refractivity contribution in [2.24, 2.45) is 0 Å². The van der Waals surface area contributed by atoms with Gasteiger partial charge in [0.05, 0.1) is 18.7 Å². The summed E-state index contributed by atoms with van der Waals surface area (Å²) >= 11 is 0. The predicted octanol–water partition coefficient (Wildman–Crippen LogP) is 3.37. The highest BCUT2D eigenvalue weighted by Crippen LogP contribution is 2.34. The molecule has 0 bridgehead atoms. The van der Waals surface area contributed by atoms with Crippen LogP contribution in [0.25, 0.3) is 11.0 Å². The van der Waals surface area contributed by atoms with Gasteiger partial charge in [-0.25, -0.2) is 4.98 Å². The highest BCUT2D eigenvalue weighted by Gasteiger charge is 2.26. The van der Waals surface area contributed by atoms with Gasteiger partial charge in [0.2, 0.25) is 11.8 Å². The molecule has 0 radical (unpaired) electrons. The Morgan fingerprint density at radius 1 is 1.16 bits per heavy atom. The molecule has 132 valence electrons. The van der Waals surface area contributed by atoms with E-state index in [1.165, 1.54) is 0 Å². The van der Waals surface area contributed by atoms with Crippen molar-refractivity contribution in [1.29, 1.82) is 0 Å². The van der Waals surface area contributed by atoms with Crippen LogP contribution in [0.3, 0.4) is 0 Å². The average molecular weight is 343 g/mol. The van der Waals surface area contributed by atoms with Gasteiger partial charge in [-0.15, -0.1) is 5.10 Å². The smallest absolute Gasteiger partial charge is 0.322 e. The number of para-hydroxylation sites is 1. The molecule has 0 spiro atoms. The van der Waals surface area contributed by atoms with Gasteiger partial charge in [-0.1, -0.05) is 11.2 Å². The molecule has 1 aliphatic rings. The third-order valence-electron chi connectivity index (χ3n) is 4.72. The van der Waals surface area contributed by atoms with E-state index in [9.17, 15) is 0 Å². The van der Waals surface area contributed by atoms with E-state index in [0.29, 0.717) is 35.6 Å². The van der Waals surface area contributed by atoms with E-state index in [4.69, 9.17) is 13.9 Å². The first-order chi connectivity index (χ1) is 12.3. The molecule has 1 aromatic carbocycles. The van der Waals surface area contributed by atoms with E-state index in [0.717, 1.165) is 36.7 Å². The summed E-state index contributed by atoms with van der Waals surface area (Å²) < 4.78 is 16.5. The van der Waals surface area contributed by atoms with Crippen molar-refractivity contribution >= 4 is 23.0 Å². The molecule has 0 amide bonds. The summed E-state index contributed by atoms with van der Waals surface area (Å²) in [7, 11) is 3.39. The van der Waals surface area contributed by atoms with Gasteiger partial charge >= 0.3 is 6.01 Å². The minimum atomic E-state index is 0.296. The van der Waals surface area contributed by atoms with E-state index in [1.54, 1.807) is 14.2 Å². The van der Waals surface area contributed by atoms with Crippen molar-refractivity contribution in [1.82, 2.24) is 20.2 Å². The lowest BCUT2D eigenvalue weighted by molar-refractivity contribution is 0.0634. The molecule has 1 fully saturated rings. The van der Waals surface area contributed by atoms with Crippen LogP contribution in [-0.2, 0) is 4.74 Å². The molecule has 4 rings (SSSR count). The fraction of sp³-hybridized carbons (Fsp3) is 0.471. The SMILES string of the molecule is COc1cccc2[nH]c(Nc3nnc(C4CCC(OC)CC4)o3)nc12. The fourth-order valence-corrected chi connectivity index (χ4v) is 3.33. The highest BCUT2D eigenvalue weighted by atomic mass is 16.5. The molecule has 2 heterocycles. The lowest BCUT2D eigenvalue weighted by atomic mass is 9.87. The standard InChI is InChI=1S/C17H21N5O3/c1-23-11-8-6-10(7-9-11)15-21-22-17(25-15)20-16-18-12-4-3-5-13(24-2)14(12)19-16/h3-5,10-11H,6-9H2,1-2H3,(H2,18,19,20,22). The first-order valence-corrected chi connectivity index (χ1v) is 8.42. The Bertz CT molecular complexity index is 851. The van der Waals surface area contributed by atoms with Crippen LogP contribution in [0.4, 0.5) is 12.0 Å². The topological polar surface area (TPSA) is 98.1 Å². The van der Waals surface area contributed by atoms with Crippen LogP contribution in [0.2, 0.25) is 0 Å². The number of benzene rings is 1. The Balaban J connectivity index is 1.48. The van der Waals surface area contributed by atoms with Crippen LogP contribution in [0, 0.1) is 0 Å². The highest BCUT2D eigenvalue weighted by molar-refractivity contribution is 5.83. The number of anilines is 2. The van der Waals surface area contributed by atoms with E-state index >= 15 is 0 Å². The molecule has 3 aromatic rings. The second-order valence-corrected chi connectivity index (χ2v) is 6.22. The minimum Gasteiger partial charge on any atom is -0.494 e. The third-order valence-corrected chi connectivity index (χ3v) is 4.72. The van der Waals surface area contributed by atoms with Gasteiger partial charge in [0.1, 0.15) is 11.3 Å². The van der Waals surface area contributed by atoms with Crippen molar-refractivity contribution in [2.45, 2.75) is 37.7 Å². The Morgan fingerprint density at radius 3 is 2.76 bits per heavy atom. The number of rotatable bonds is 5. The van der Waals surface area contributed by atoms with E-state index in [-0.39, 0.29) is 0 Å². The minimum absolute atomic E-state index is 0.296. The Morgan fingerprint density at radius 2 is 2.00 bits per heavy atom. The quantitative estimate of drug-likeness (QED) is 0.733. The van der Waals surface area contributed by atoms with Crippen molar-refractivity contribution in [3.05, 3.63) is 24.1 Å². The number of nitrogens with one attached hydrogen (secondary N) is 2. The van der Waals surface area contributed by atoms with Crippen molar-refractivity contribution < 1.29 is 13.9 Å². The molecule has 0 saturated heterocycles. The maximum Gasteiger partial charge on any atom is 0.322 e.